The molecule has 2 aliphatic rings. The van der Waals surface area contributed by atoms with E-state index >= 15 is 0 Å². The Balaban J connectivity index is 2.33. The molecule has 30 heavy (non-hydrogen) atoms. The maximum Gasteiger partial charge on any atom is 0.428 e. The van der Waals surface area contributed by atoms with Gasteiger partial charge in [0.15, 0.2) is 19.6 Å². The summed E-state index contributed by atoms with van der Waals surface area (Å²) in [5, 5.41) is 2.94. The van der Waals surface area contributed by atoms with Crippen LogP contribution in [0.5, 0.6) is 0 Å². The van der Waals surface area contributed by atoms with Crippen LogP contribution < -0.4 is 5.32 Å². The quantitative estimate of drug-likeness (QED) is 0.298. The van der Waals surface area contributed by atoms with Crippen LogP contribution in [0.15, 0.2) is 0 Å². The molecular formula is C20H39N4O6+. The summed E-state index contributed by atoms with van der Waals surface area (Å²) < 4.78 is 22.9. The first-order valence-corrected chi connectivity index (χ1v) is 11.1. The third kappa shape index (κ3) is 5.42. The fourth-order valence-corrected chi connectivity index (χ4v) is 3.77. The minimum atomic E-state index is -0.525. The minimum Gasteiger partial charge on any atom is -0.361 e. The van der Waals surface area contributed by atoms with E-state index in [1.165, 1.54) is 0 Å². The van der Waals surface area contributed by atoms with E-state index in [0.29, 0.717) is 26.4 Å². The van der Waals surface area contributed by atoms with Gasteiger partial charge in [0.05, 0.1) is 13.2 Å². The molecule has 2 fully saturated rings. The fraction of sp³-hybridized carbons (Fsp3) is 0.900. The number of nitrogens with zero attached hydrogens (tertiary/aromatic N) is 3. The Morgan fingerprint density at radius 2 is 1.23 bits per heavy atom. The molecule has 174 valence electrons. The maximum atomic E-state index is 13.6. The molecule has 1 N–H and O–H groups in total. The van der Waals surface area contributed by atoms with Gasteiger partial charge in [0, 0.05) is 13.2 Å². The molecule has 2 aliphatic heterocycles. The molecule has 2 saturated heterocycles. The summed E-state index contributed by atoms with van der Waals surface area (Å²) in [6.45, 7) is 10.7. The third-order valence-corrected chi connectivity index (χ3v) is 5.10. The first-order chi connectivity index (χ1) is 14.6. The van der Waals surface area contributed by atoms with Crippen molar-refractivity contribution in [3.05, 3.63) is 0 Å². The smallest absolute Gasteiger partial charge is 0.361 e. The zero-order valence-electron chi connectivity index (χ0n) is 18.9. The molecule has 2 heterocycles. The van der Waals surface area contributed by atoms with Gasteiger partial charge in [0.2, 0.25) is 6.17 Å². The fourth-order valence-electron chi connectivity index (χ4n) is 3.77. The summed E-state index contributed by atoms with van der Waals surface area (Å²) in [5.74, 6) is 0. The standard InChI is InChI=1S/C20H38N4O6/c1-5-9-27-13-22-17-18(23(19(25)21-17)14-28-10-6-2)24(20(22)26,15-29-11-7-3)16-30-12-8-4/h17-18H,5-16H2,1-4H3/p+1. The van der Waals surface area contributed by atoms with Crippen molar-refractivity contribution in [1.82, 2.24) is 15.1 Å². The molecule has 0 saturated carbocycles. The van der Waals surface area contributed by atoms with Crippen molar-refractivity contribution in [3.63, 3.8) is 0 Å². The number of carbonyl (C=O) groups is 2. The van der Waals surface area contributed by atoms with Crippen molar-refractivity contribution < 1.29 is 33.0 Å². The first kappa shape index (κ1) is 24.8. The lowest BCUT2D eigenvalue weighted by Crippen LogP contribution is -2.63. The maximum absolute atomic E-state index is 13.6. The summed E-state index contributed by atoms with van der Waals surface area (Å²) in [5.41, 5.74) is 0. The second kappa shape index (κ2) is 12.4. The van der Waals surface area contributed by atoms with E-state index in [4.69, 9.17) is 18.9 Å². The molecule has 4 amide bonds. The molecule has 2 unspecified atom stereocenters. The Morgan fingerprint density at radius 3 is 1.73 bits per heavy atom. The Bertz CT molecular complexity index is 531. The average molecular weight is 432 g/mol. The number of rotatable bonds is 16. The molecule has 2 atom stereocenters. The Labute approximate surface area is 179 Å². The molecule has 10 heteroatoms. The van der Waals surface area contributed by atoms with Gasteiger partial charge >= 0.3 is 12.1 Å². The Kier molecular flexibility index (Phi) is 10.3. The normalized spacial score (nSPS) is 22.7. The number of amides is 4. The molecule has 0 aromatic carbocycles. The highest BCUT2D eigenvalue weighted by atomic mass is 16.5. The van der Waals surface area contributed by atoms with Gasteiger partial charge in [-0.25, -0.2) is 19.4 Å². The number of carbonyl (C=O) groups excluding carboxylic acids is 2. The lowest BCUT2D eigenvalue weighted by atomic mass is 10.3. The van der Waals surface area contributed by atoms with E-state index in [2.05, 4.69) is 5.32 Å². The van der Waals surface area contributed by atoms with Crippen LogP contribution in [0.1, 0.15) is 53.4 Å². The van der Waals surface area contributed by atoms with Gasteiger partial charge in [-0.1, -0.05) is 27.7 Å². The molecule has 0 aromatic rings. The predicted molar refractivity (Wildman–Crippen MR) is 110 cm³/mol. The van der Waals surface area contributed by atoms with Crippen molar-refractivity contribution in [1.29, 1.82) is 0 Å². The topological polar surface area (TPSA) is 89.6 Å². The van der Waals surface area contributed by atoms with E-state index in [-0.39, 0.29) is 43.5 Å². The highest BCUT2D eigenvalue weighted by Crippen LogP contribution is 2.36. The lowest BCUT2D eigenvalue weighted by molar-refractivity contribution is -0.915. The Hall–Kier alpha value is -1.46. The van der Waals surface area contributed by atoms with Gasteiger partial charge in [0.1, 0.15) is 13.5 Å². The van der Waals surface area contributed by atoms with Crippen LogP contribution in [0.2, 0.25) is 0 Å². The lowest BCUT2D eigenvalue weighted by Gasteiger charge is -2.37. The second-order valence-corrected chi connectivity index (χ2v) is 7.71. The number of ether oxygens (including phenoxy) is 4. The summed E-state index contributed by atoms with van der Waals surface area (Å²) in [7, 11) is 0. The SMILES string of the molecule is CCCOCN1C(=O)[N+](COCCC)(COCCC)C2C1NC(=O)N2COCCC. The summed E-state index contributed by atoms with van der Waals surface area (Å²) in [6, 6.07) is -0.434. The van der Waals surface area contributed by atoms with Gasteiger partial charge in [-0.15, -0.1) is 0 Å². The predicted octanol–water partition coefficient (Wildman–Crippen LogP) is 2.45. The van der Waals surface area contributed by atoms with Gasteiger partial charge < -0.3 is 24.3 Å². The van der Waals surface area contributed by atoms with Crippen LogP contribution >= 0.6 is 0 Å². The van der Waals surface area contributed by atoms with E-state index in [1.807, 2.05) is 27.7 Å². The van der Waals surface area contributed by atoms with Crippen LogP contribution in [0.3, 0.4) is 0 Å². The number of quaternary nitrogens is 1. The highest BCUT2D eigenvalue weighted by Gasteiger charge is 2.67. The Morgan fingerprint density at radius 1 is 0.767 bits per heavy atom. The van der Waals surface area contributed by atoms with Gasteiger partial charge in [-0.05, 0) is 25.7 Å². The monoisotopic (exact) mass is 431 g/mol. The molecule has 0 aliphatic carbocycles. The summed E-state index contributed by atoms with van der Waals surface area (Å²) in [6.07, 6.45) is 2.32. The molecular weight excluding hydrogens is 392 g/mol. The molecule has 0 aromatic heterocycles. The van der Waals surface area contributed by atoms with Crippen LogP contribution in [-0.4, -0.2) is 92.0 Å². The number of hydrogen-bond donors (Lipinski definition) is 1. The molecule has 10 nitrogen and oxygen atoms in total. The van der Waals surface area contributed by atoms with Crippen molar-refractivity contribution in [3.8, 4) is 0 Å². The van der Waals surface area contributed by atoms with Gasteiger partial charge in [0.25, 0.3) is 0 Å². The van der Waals surface area contributed by atoms with Gasteiger partial charge in [-0.2, -0.15) is 4.48 Å². The largest absolute Gasteiger partial charge is 0.428 e. The van der Waals surface area contributed by atoms with Crippen LogP contribution in [-0.2, 0) is 18.9 Å². The zero-order valence-corrected chi connectivity index (χ0v) is 18.9. The first-order valence-electron chi connectivity index (χ1n) is 11.1. The summed E-state index contributed by atoms with van der Waals surface area (Å²) in [4.78, 5) is 29.6. The van der Waals surface area contributed by atoms with Crippen LogP contribution in [0, 0.1) is 0 Å². The molecule has 2 rings (SSSR count). The third-order valence-electron chi connectivity index (χ3n) is 5.10. The molecule has 0 spiro atoms. The van der Waals surface area contributed by atoms with E-state index in [9.17, 15) is 9.59 Å². The van der Waals surface area contributed by atoms with Crippen LogP contribution in [0.25, 0.3) is 0 Å². The van der Waals surface area contributed by atoms with Crippen molar-refractivity contribution in [2.75, 3.05) is 53.4 Å². The second-order valence-electron chi connectivity index (χ2n) is 7.71. The number of fused-ring (bicyclic) bond motifs is 1. The van der Waals surface area contributed by atoms with Gasteiger partial charge in [-0.3, -0.25) is 0 Å². The van der Waals surface area contributed by atoms with E-state index < -0.39 is 12.3 Å². The number of nitrogens with one attached hydrogen (secondary N) is 1. The summed E-state index contributed by atoms with van der Waals surface area (Å²) >= 11 is 0. The molecule has 0 bridgehead atoms. The van der Waals surface area contributed by atoms with Crippen molar-refractivity contribution in [2.24, 2.45) is 0 Å². The zero-order chi connectivity index (χ0) is 22.0. The van der Waals surface area contributed by atoms with Crippen LogP contribution in [0.4, 0.5) is 9.59 Å². The van der Waals surface area contributed by atoms with E-state index in [0.717, 1.165) is 25.7 Å². The number of hydrogen-bond acceptors (Lipinski definition) is 6. The van der Waals surface area contributed by atoms with Crippen molar-refractivity contribution >= 4 is 12.1 Å². The highest BCUT2D eigenvalue weighted by molar-refractivity contribution is 5.81. The average Bonchev–Trinajstić information content (AvgIpc) is 3.16. The molecule has 0 radical (unpaired) electrons. The number of urea groups is 2. The minimum absolute atomic E-state index is 0.110. The van der Waals surface area contributed by atoms with E-state index in [1.54, 1.807) is 9.80 Å². The van der Waals surface area contributed by atoms with Crippen molar-refractivity contribution in [2.45, 2.75) is 65.7 Å².